The topological polar surface area (TPSA) is 67.8 Å². The van der Waals surface area contributed by atoms with E-state index in [1.165, 1.54) is 5.01 Å². The van der Waals surface area contributed by atoms with Crippen LogP contribution in [0.25, 0.3) is 0 Å². The van der Waals surface area contributed by atoms with Crippen molar-refractivity contribution in [2.24, 2.45) is 4.99 Å². The number of aliphatic imine (C=N–C) groups is 1. The summed E-state index contributed by atoms with van der Waals surface area (Å²) in [5, 5.41) is 9.84. The first kappa shape index (κ1) is 21.6. The predicted octanol–water partition coefficient (Wildman–Crippen LogP) is 2.57. The molecule has 0 amide bonds. The highest BCUT2D eigenvalue weighted by Gasteiger charge is 2.14. The number of nitrogens with one attached hydrogen (secondary N) is 2. The van der Waals surface area contributed by atoms with E-state index in [0.717, 1.165) is 63.7 Å². The van der Waals surface area contributed by atoms with E-state index >= 15 is 0 Å². The van der Waals surface area contributed by atoms with Crippen LogP contribution in [0.4, 0.5) is 0 Å². The first-order valence-electron chi connectivity index (χ1n) is 8.39. The summed E-state index contributed by atoms with van der Waals surface area (Å²) in [4.78, 5) is 8.76. The highest BCUT2D eigenvalue weighted by Crippen LogP contribution is 2.12. The van der Waals surface area contributed by atoms with Crippen LogP contribution in [0.15, 0.2) is 10.4 Å². The van der Waals surface area contributed by atoms with Crippen LogP contribution in [-0.2, 0) is 22.4 Å². The minimum Gasteiger partial charge on any atom is -0.379 e. The molecule has 138 valence electrons. The molecule has 1 aliphatic heterocycles. The van der Waals surface area contributed by atoms with Crippen LogP contribution >= 0.6 is 35.3 Å². The number of aryl methyl sites for hydroxylation is 1. The molecular weight excluding hydrogens is 439 g/mol. The van der Waals surface area contributed by atoms with Crippen LogP contribution in [0.5, 0.6) is 0 Å². The number of nitrogens with zero attached hydrogens (tertiary/aromatic N) is 2. The second-order valence-electron chi connectivity index (χ2n) is 5.50. The third-order valence-corrected chi connectivity index (χ3v) is 4.69. The Hall–Kier alpha value is -0.450. The van der Waals surface area contributed by atoms with Crippen LogP contribution in [0.1, 0.15) is 36.9 Å². The van der Waals surface area contributed by atoms with Gasteiger partial charge in [0, 0.05) is 32.2 Å². The lowest BCUT2D eigenvalue weighted by Crippen LogP contribution is -2.37. The normalized spacial score (nSPS) is 17.6. The molecule has 6 nitrogen and oxygen atoms in total. The average Bonchev–Trinajstić information content (AvgIpc) is 3.25. The predicted molar refractivity (Wildman–Crippen MR) is 110 cm³/mol. The molecule has 8 heteroatoms. The van der Waals surface area contributed by atoms with Gasteiger partial charge < -0.3 is 20.1 Å². The third-order valence-electron chi connectivity index (χ3n) is 3.65. The summed E-state index contributed by atoms with van der Waals surface area (Å²) in [6.45, 7) is 6.01. The molecule has 0 bridgehead atoms. The molecule has 0 spiro atoms. The SMILES string of the molecule is CCc1nc(CNC(=NC)NCCCOCC2CCCO2)cs1.I. The minimum atomic E-state index is 0. The van der Waals surface area contributed by atoms with E-state index < -0.39 is 0 Å². The van der Waals surface area contributed by atoms with Crippen LogP contribution < -0.4 is 10.6 Å². The summed E-state index contributed by atoms with van der Waals surface area (Å²) in [7, 11) is 1.78. The fraction of sp³-hybridized carbons (Fsp3) is 0.750. The summed E-state index contributed by atoms with van der Waals surface area (Å²) in [5.41, 5.74) is 1.06. The van der Waals surface area contributed by atoms with Crippen molar-refractivity contribution < 1.29 is 9.47 Å². The Morgan fingerprint density at radius 3 is 3.04 bits per heavy atom. The van der Waals surface area contributed by atoms with Crippen molar-refractivity contribution in [2.75, 3.05) is 33.4 Å². The molecule has 0 aromatic carbocycles. The van der Waals surface area contributed by atoms with Gasteiger partial charge in [-0.25, -0.2) is 4.98 Å². The van der Waals surface area contributed by atoms with Gasteiger partial charge in [-0.1, -0.05) is 6.92 Å². The standard InChI is InChI=1S/C16H28N4O2S.HI/c1-3-15-20-13(12-23-15)10-19-16(17-2)18-7-5-8-21-11-14-6-4-9-22-14;/h12,14H,3-11H2,1-2H3,(H2,17,18,19);1H. The van der Waals surface area contributed by atoms with Gasteiger partial charge in [0.15, 0.2) is 5.96 Å². The highest BCUT2D eigenvalue weighted by atomic mass is 127. The van der Waals surface area contributed by atoms with Crippen LogP contribution in [-0.4, -0.2) is 50.5 Å². The maximum atomic E-state index is 5.64. The highest BCUT2D eigenvalue weighted by molar-refractivity contribution is 14.0. The van der Waals surface area contributed by atoms with E-state index in [4.69, 9.17) is 9.47 Å². The Kier molecular flexibility index (Phi) is 11.6. The molecule has 0 radical (unpaired) electrons. The van der Waals surface area contributed by atoms with Crippen LogP contribution in [0, 0.1) is 0 Å². The monoisotopic (exact) mass is 468 g/mol. The van der Waals surface area contributed by atoms with Gasteiger partial charge in [-0.15, -0.1) is 35.3 Å². The summed E-state index contributed by atoms with van der Waals surface area (Å²) < 4.78 is 11.2. The number of guanidine groups is 1. The zero-order valence-corrected chi connectivity index (χ0v) is 17.7. The summed E-state index contributed by atoms with van der Waals surface area (Å²) >= 11 is 1.71. The zero-order valence-electron chi connectivity index (χ0n) is 14.5. The molecule has 1 fully saturated rings. The molecule has 1 aromatic rings. The van der Waals surface area contributed by atoms with Gasteiger partial charge in [0.25, 0.3) is 0 Å². The van der Waals surface area contributed by atoms with Crippen molar-refractivity contribution in [3.63, 3.8) is 0 Å². The van der Waals surface area contributed by atoms with Crippen molar-refractivity contribution in [2.45, 2.75) is 45.3 Å². The summed E-state index contributed by atoms with van der Waals surface area (Å²) in [6, 6.07) is 0. The molecule has 0 saturated carbocycles. The molecule has 2 heterocycles. The number of halogens is 1. The summed E-state index contributed by atoms with van der Waals surface area (Å²) in [5.74, 6) is 0.801. The number of ether oxygens (including phenoxy) is 2. The van der Waals surface area contributed by atoms with E-state index in [1.807, 2.05) is 0 Å². The third kappa shape index (κ3) is 8.09. The van der Waals surface area contributed by atoms with E-state index in [0.29, 0.717) is 12.6 Å². The maximum Gasteiger partial charge on any atom is 0.191 e. The molecule has 2 N–H and O–H groups in total. The van der Waals surface area contributed by atoms with Crippen molar-refractivity contribution in [1.29, 1.82) is 0 Å². The van der Waals surface area contributed by atoms with E-state index in [1.54, 1.807) is 18.4 Å². The quantitative estimate of drug-likeness (QED) is 0.253. The molecule has 1 aliphatic rings. The van der Waals surface area contributed by atoms with Crippen LogP contribution in [0.3, 0.4) is 0 Å². The lowest BCUT2D eigenvalue weighted by atomic mass is 10.2. The number of thiazole rings is 1. The Balaban J connectivity index is 0.00000288. The van der Waals surface area contributed by atoms with Gasteiger partial charge in [-0.2, -0.15) is 0 Å². The van der Waals surface area contributed by atoms with Crippen molar-refractivity contribution >= 4 is 41.3 Å². The number of rotatable bonds is 9. The summed E-state index contributed by atoms with van der Waals surface area (Å²) in [6.07, 6.45) is 4.54. The van der Waals surface area contributed by atoms with E-state index in [9.17, 15) is 0 Å². The van der Waals surface area contributed by atoms with Gasteiger partial charge in [-0.05, 0) is 25.7 Å². The lowest BCUT2D eigenvalue weighted by Gasteiger charge is -2.12. The van der Waals surface area contributed by atoms with Gasteiger partial charge in [0.05, 0.1) is 30.0 Å². The molecule has 1 saturated heterocycles. The molecular formula is C16H29IN4O2S. The van der Waals surface area contributed by atoms with Crippen molar-refractivity contribution in [3.8, 4) is 0 Å². The molecule has 2 rings (SSSR count). The largest absolute Gasteiger partial charge is 0.379 e. The van der Waals surface area contributed by atoms with Gasteiger partial charge in [-0.3, -0.25) is 4.99 Å². The minimum absolute atomic E-state index is 0. The Bertz CT molecular complexity index is 478. The fourth-order valence-electron chi connectivity index (χ4n) is 2.36. The Morgan fingerprint density at radius 1 is 1.50 bits per heavy atom. The number of hydrogen-bond donors (Lipinski definition) is 2. The van der Waals surface area contributed by atoms with Gasteiger partial charge in [0.1, 0.15) is 0 Å². The smallest absolute Gasteiger partial charge is 0.191 e. The number of aromatic nitrogens is 1. The average molecular weight is 468 g/mol. The first-order valence-corrected chi connectivity index (χ1v) is 9.27. The van der Waals surface area contributed by atoms with Crippen LogP contribution in [0.2, 0.25) is 0 Å². The molecule has 1 aromatic heterocycles. The zero-order chi connectivity index (χ0) is 16.3. The molecule has 1 unspecified atom stereocenters. The lowest BCUT2D eigenvalue weighted by molar-refractivity contribution is 0.0168. The second-order valence-corrected chi connectivity index (χ2v) is 6.44. The maximum absolute atomic E-state index is 5.64. The number of hydrogen-bond acceptors (Lipinski definition) is 5. The van der Waals surface area contributed by atoms with Gasteiger partial charge >= 0.3 is 0 Å². The van der Waals surface area contributed by atoms with Gasteiger partial charge in [0.2, 0.25) is 0 Å². The Labute approximate surface area is 165 Å². The fourth-order valence-corrected chi connectivity index (χ4v) is 3.10. The van der Waals surface area contributed by atoms with E-state index in [2.05, 4.69) is 32.9 Å². The second kappa shape index (κ2) is 12.8. The van der Waals surface area contributed by atoms with Crippen molar-refractivity contribution in [1.82, 2.24) is 15.6 Å². The first-order chi connectivity index (χ1) is 11.3. The molecule has 0 aliphatic carbocycles. The van der Waals surface area contributed by atoms with Crippen molar-refractivity contribution in [3.05, 3.63) is 16.1 Å². The Morgan fingerprint density at radius 2 is 2.38 bits per heavy atom. The molecule has 1 atom stereocenters. The molecule has 24 heavy (non-hydrogen) atoms. The van der Waals surface area contributed by atoms with E-state index in [-0.39, 0.29) is 24.0 Å².